The molecule has 1 heterocycles. The van der Waals surface area contributed by atoms with E-state index in [9.17, 15) is 27.6 Å². The minimum Gasteiger partial charge on any atom is -0.445 e. The summed E-state index contributed by atoms with van der Waals surface area (Å²) in [5, 5.41) is 2.11. The molecule has 0 spiro atoms. The highest BCUT2D eigenvalue weighted by atomic mass is 19.4. The predicted octanol–water partition coefficient (Wildman–Crippen LogP) is 3.53. The molecule has 1 atom stereocenters. The standard InChI is InChI=1S/C20H17F3N2O4/c21-20(22,23)10-14(24-19(28)29-12-13-6-2-1-3-7-13)11-25-17(26)15-8-4-5-9-16(15)18(25)27/h1-9,14H,10-12H2,(H,24,28). The van der Waals surface area contributed by atoms with Gasteiger partial charge in [0.2, 0.25) is 0 Å². The molecule has 3 rings (SSSR count). The van der Waals surface area contributed by atoms with Gasteiger partial charge in [0, 0.05) is 0 Å². The number of hydrogen-bond acceptors (Lipinski definition) is 4. The Morgan fingerprint density at radius 2 is 1.52 bits per heavy atom. The number of halogens is 3. The molecule has 2 aromatic carbocycles. The van der Waals surface area contributed by atoms with E-state index in [0.29, 0.717) is 10.5 Å². The van der Waals surface area contributed by atoms with E-state index >= 15 is 0 Å². The number of ether oxygens (including phenoxy) is 1. The highest BCUT2D eigenvalue weighted by Crippen LogP contribution is 2.26. The molecular weight excluding hydrogens is 389 g/mol. The van der Waals surface area contributed by atoms with Gasteiger partial charge in [-0.25, -0.2) is 4.79 Å². The zero-order valence-electron chi connectivity index (χ0n) is 15.1. The van der Waals surface area contributed by atoms with Gasteiger partial charge in [-0.3, -0.25) is 14.5 Å². The molecule has 6 nitrogen and oxygen atoms in total. The van der Waals surface area contributed by atoms with Gasteiger partial charge in [0.1, 0.15) is 6.61 Å². The Kier molecular flexibility index (Phi) is 5.86. The Balaban J connectivity index is 1.67. The number of rotatable bonds is 6. The number of carbonyl (C=O) groups excluding carboxylic acids is 3. The van der Waals surface area contributed by atoms with Crippen molar-refractivity contribution in [3.8, 4) is 0 Å². The Bertz CT molecular complexity index is 880. The molecule has 9 heteroatoms. The van der Waals surface area contributed by atoms with Crippen molar-refractivity contribution in [1.29, 1.82) is 0 Å². The molecule has 2 aromatic rings. The van der Waals surface area contributed by atoms with Gasteiger partial charge in [-0.1, -0.05) is 42.5 Å². The number of hydrogen-bond donors (Lipinski definition) is 1. The fraction of sp³-hybridized carbons (Fsp3) is 0.250. The predicted molar refractivity (Wildman–Crippen MR) is 96.0 cm³/mol. The zero-order chi connectivity index (χ0) is 21.0. The minimum atomic E-state index is -4.62. The third-order valence-electron chi connectivity index (χ3n) is 4.29. The normalized spacial score (nSPS) is 14.5. The minimum absolute atomic E-state index is 0.120. The molecule has 152 valence electrons. The highest BCUT2D eigenvalue weighted by Gasteiger charge is 2.40. The van der Waals surface area contributed by atoms with Crippen LogP contribution in [0.15, 0.2) is 54.6 Å². The van der Waals surface area contributed by atoms with Gasteiger partial charge >= 0.3 is 12.3 Å². The first-order chi connectivity index (χ1) is 13.7. The quantitative estimate of drug-likeness (QED) is 0.745. The molecule has 0 saturated carbocycles. The molecule has 1 N–H and O–H groups in total. The van der Waals surface area contributed by atoms with Crippen molar-refractivity contribution >= 4 is 17.9 Å². The fourth-order valence-electron chi connectivity index (χ4n) is 3.00. The highest BCUT2D eigenvalue weighted by molar-refractivity contribution is 6.21. The number of fused-ring (bicyclic) bond motifs is 1. The summed E-state index contributed by atoms with van der Waals surface area (Å²) >= 11 is 0. The van der Waals surface area contributed by atoms with Crippen LogP contribution in [0.4, 0.5) is 18.0 Å². The van der Waals surface area contributed by atoms with E-state index in [4.69, 9.17) is 4.74 Å². The average molecular weight is 406 g/mol. The molecule has 0 saturated heterocycles. The van der Waals surface area contributed by atoms with E-state index < -0.39 is 43.1 Å². The number of carbonyl (C=O) groups is 3. The summed E-state index contributed by atoms with van der Waals surface area (Å²) in [4.78, 5) is 37.5. The van der Waals surface area contributed by atoms with Gasteiger partial charge in [-0.05, 0) is 17.7 Å². The van der Waals surface area contributed by atoms with E-state index in [2.05, 4.69) is 5.32 Å². The number of alkyl carbamates (subject to hydrolysis) is 1. The lowest BCUT2D eigenvalue weighted by Gasteiger charge is -2.24. The van der Waals surface area contributed by atoms with Crippen LogP contribution in [-0.2, 0) is 11.3 Å². The zero-order valence-corrected chi connectivity index (χ0v) is 15.1. The van der Waals surface area contributed by atoms with Crippen LogP contribution in [0, 0.1) is 0 Å². The number of nitrogens with one attached hydrogen (secondary N) is 1. The molecule has 1 aliphatic rings. The maximum absolute atomic E-state index is 13.0. The van der Waals surface area contributed by atoms with E-state index in [1.165, 1.54) is 12.1 Å². The third kappa shape index (κ3) is 5.13. The first-order valence-corrected chi connectivity index (χ1v) is 8.74. The SMILES string of the molecule is O=C(NC(CN1C(=O)c2ccccc2C1=O)CC(F)(F)F)OCc1ccccc1. The molecule has 0 aliphatic carbocycles. The second-order valence-electron chi connectivity index (χ2n) is 6.49. The fourth-order valence-corrected chi connectivity index (χ4v) is 3.00. The number of alkyl halides is 3. The first-order valence-electron chi connectivity index (χ1n) is 8.74. The van der Waals surface area contributed by atoms with Gasteiger partial charge in [0.25, 0.3) is 11.8 Å². The van der Waals surface area contributed by atoms with Crippen LogP contribution in [0.25, 0.3) is 0 Å². The second-order valence-corrected chi connectivity index (χ2v) is 6.49. The summed E-state index contributed by atoms with van der Waals surface area (Å²) in [7, 11) is 0. The summed E-state index contributed by atoms with van der Waals surface area (Å²) in [6.07, 6.45) is -7.10. The van der Waals surface area contributed by atoms with E-state index in [1.807, 2.05) is 0 Å². The number of nitrogens with zero attached hydrogens (tertiary/aromatic N) is 1. The molecule has 0 aromatic heterocycles. The summed E-state index contributed by atoms with van der Waals surface area (Å²) < 4.78 is 43.8. The maximum Gasteiger partial charge on any atom is 0.407 e. The van der Waals surface area contributed by atoms with Gasteiger partial charge in [-0.2, -0.15) is 13.2 Å². The van der Waals surface area contributed by atoms with Gasteiger partial charge in [-0.15, -0.1) is 0 Å². The van der Waals surface area contributed by atoms with Crippen molar-refractivity contribution < 1.29 is 32.3 Å². The largest absolute Gasteiger partial charge is 0.445 e. The van der Waals surface area contributed by atoms with Crippen molar-refractivity contribution in [1.82, 2.24) is 10.2 Å². The average Bonchev–Trinajstić information content (AvgIpc) is 2.91. The third-order valence-corrected chi connectivity index (χ3v) is 4.29. The molecule has 1 unspecified atom stereocenters. The Morgan fingerprint density at radius 3 is 2.07 bits per heavy atom. The van der Waals surface area contributed by atoms with E-state index in [-0.39, 0.29) is 17.7 Å². The van der Waals surface area contributed by atoms with Crippen molar-refractivity contribution in [2.45, 2.75) is 25.2 Å². The van der Waals surface area contributed by atoms with Crippen LogP contribution < -0.4 is 5.32 Å². The van der Waals surface area contributed by atoms with Crippen molar-refractivity contribution in [3.05, 3.63) is 71.3 Å². The lowest BCUT2D eigenvalue weighted by molar-refractivity contribution is -0.140. The molecule has 3 amide bonds. The van der Waals surface area contributed by atoms with Crippen LogP contribution in [-0.4, -0.2) is 41.6 Å². The molecule has 1 aliphatic heterocycles. The monoisotopic (exact) mass is 406 g/mol. The smallest absolute Gasteiger partial charge is 0.407 e. The van der Waals surface area contributed by atoms with Crippen molar-refractivity contribution in [2.75, 3.05) is 6.54 Å². The topological polar surface area (TPSA) is 75.7 Å². The molecular formula is C20H17F3N2O4. The number of imide groups is 1. The molecule has 29 heavy (non-hydrogen) atoms. The summed E-state index contributed by atoms with van der Waals surface area (Å²) in [6.45, 7) is -0.745. The van der Waals surface area contributed by atoms with Crippen LogP contribution in [0.3, 0.4) is 0 Å². The molecule has 0 radical (unpaired) electrons. The molecule has 0 fully saturated rings. The maximum atomic E-state index is 13.0. The Hall–Kier alpha value is -3.36. The lowest BCUT2D eigenvalue weighted by Crippen LogP contribution is -2.47. The van der Waals surface area contributed by atoms with Gasteiger partial charge in [0.15, 0.2) is 0 Å². The van der Waals surface area contributed by atoms with E-state index in [1.54, 1.807) is 42.5 Å². The van der Waals surface area contributed by atoms with Gasteiger partial charge in [0.05, 0.1) is 30.1 Å². The van der Waals surface area contributed by atoms with E-state index in [0.717, 1.165) is 0 Å². The summed E-state index contributed by atoms with van der Waals surface area (Å²) in [6, 6.07) is 13.0. The molecule has 0 bridgehead atoms. The van der Waals surface area contributed by atoms with Crippen LogP contribution >= 0.6 is 0 Å². The van der Waals surface area contributed by atoms with Crippen LogP contribution in [0.5, 0.6) is 0 Å². The number of amides is 3. The Labute approximate surface area is 164 Å². The van der Waals surface area contributed by atoms with Crippen molar-refractivity contribution in [2.24, 2.45) is 0 Å². The van der Waals surface area contributed by atoms with Crippen LogP contribution in [0.2, 0.25) is 0 Å². The summed E-state index contributed by atoms with van der Waals surface area (Å²) in [5.74, 6) is -1.39. The summed E-state index contributed by atoms with van der Waals surface area (Å²) in [5.41, 5.74) is 0.903. The first kappa shape index (κ1) is 20.4. The number of benzene rings is 2. The Morgan fingerprint density at radius 1 is 0.966 bits per heavy atom. The lowest BCUT2D eigenvalue weighted by atomic mass is 10.1. The second kappa shape index (κ2) is 8.34. The van der Waals surface area contributed by atoms with Gasteiger partial charge < -0.3 is 10.1 Å². The van der Waals surface area contributed by atoms with Crippen LogP contribution in [0.1, 0.15) is 32.7 Å². The van der Waals surface area contributed by atoms with Crippen molar-refractivity contribution in [3.63, 3.8) is 0 Å².